The lowest BCUT2D eigenvalue weighted by atomic mass is 9.33. The summed E-state index contributed by atoms with van der Waals surface area (Å²) < 4.78 is 6.40. The fraction of sp³-hybridized carbons (Fsp3) is 0.0400. The maximum absolute atomic E-state index is 3.64. The van der Waals surface area contributed by atoms with Gasteiger partial charge in [0.25, 0.3) is 0 Å². The number of aryl methyl sites for hydroxylation is 1. The van der Waals surface area contributed by atoms with Crippen molar-refractivity contribution in [2.45, 2.75) is 6.92 Å². The van der Waals surface area contributed by atoms with Gasteiger partial charge in [0, 0.05) is 22.6 Å². The van der Waals surface area contributed by atoms with Gasteiger partial charge in [-0.2, -0.15) is 22.7 Å². The molecule has 0 atom stereocenters. The van der Waals surface area contributed by atoms with Gasteiger partial charge >= 0.3 is 6.35 Å². The maximum Gasteiger partial charge on any atom is 0.440 e. The Kier molecular flexibility index (Phi) is 4.23. The Bertz CT molecular complexity index is 1290. The van der Waals surface area contributed by atoms with Crippen LogP contribution in [-0.4, -0.2) is 6.35 Å². The Labute approximate surface area is 188 Å². The Morgan fingerprint density at radius 2 is 1.37 bits per heavy atom. The van der Waals surface area contributed by atoms with Crippen molar-refractivity contribution in [2.75, 3.05) is 0 Å². The van der Waals surface area contributed by atoms with Crippen molar-refractivity contribution in [3.8, 4) is 0 Å². The number of hydrogen-bond donors (Lipinski definition) is 0. The highest BCUT2D eigenvalue weighted by molar-refractivity contribution is 7.40. The van der Waals surface area contributed by atoms with Crippen molar-refractivity contribution in [2.24, 2.45) is 0 Å². The molecule has 0 fully saturated rings. The quantitative estimate of drug-likeness (QED) is 0.218. The van der Waals surface area contributed by atoms with E-state index in [2.05, 4.69) is 106 Å². The lowest BCUT2D eigenvalue weighted by Gasteiger charge is -2.35. The maximum atomic E-state index is 3.64. The van der Waals surface area contributed by atoms with Gasteiger partial charge in [-0.15, -0.1) is 11.3 Å². The van der Waals surface area contributed by atoms with Crippen LogP contribution in [0.25, 0.3) is 11.0 Å². The third kappa shape index (κ3) is 2.46. The number of benzene rings is 1. The van der Waals surface area contributed by atoms with E-state index >= 15 is 0 Å². The van der Waals surface area contributed by atoms with E-state index in [9.17, 15) is 0 Å². The van der Waals surface area contributed by atoms with Gasteiger partial charge in [-0.3, -0.25) is 0 Å². The van der Waals surface area contributed by atoms with E-state index in [4.69, 9.17) is 0 Å². The standard InChI is InChI=1S/C25H19BOS3/c1-18-10-12-19(13-11-18)24-20-6-2-14-27(20)26(22-8-4-16-29-22,23-9-5-17-30-23)25(24)21-7-3-15-28-21/h2-17H,1H3. The number of hydrogen-bond acceptors (Lipinski definition) is 3. The SMILES string of the molecule is Cc1ccc(C2=C(c3cccs3)[B-](c3cccs3)(c3cccs3)[o+]3cccc32)cc1. The van der Waals surface area contributed by atoms with E-state index < -0.39 is 6.35 Å². The van der Waals surface area contributed by atoms with Crippen LogP contribution in [0.15, 0.2) is 99.2 Å². The van der Waals surface area contributed by atoms with Crippen molar-refractivity contribution in [3.05, 3.63) is 117 Å². The molecule has 0 saturated carbocycles. The number of fused-ring (bicyclic) bond motifs is 1. The first-order chi connectivity index (χ1) is 14.8. The normalized spacial score (nSPS) is 15.0. The summed E-state index contributed by atoms with van der Waals surface area (Å²) >= 11 is 5.53. The van der Waals surface area contributed by atoms with Gasteiger partial charge < -0.3 is 3.96 Å². The highest BCUT2D eigenvalue weighted by Crippen LogP contribution is 2.50. The lowest BCUT2D eigenvalue weighted by molar-refractivity contribution is 0.377. The Morgan fingerprint density at radius 1 is 0.700 bits per heavy atom. The molecule has 0 N–H and O–H groups in total. The van der Waals surface area contributed by atoms with Crippen LogP contribution in [-0.2, 0) is 0 Å². The minimum atomic E-state index is -1.35. The fourth-order valence-corrected chi connectivity index (χ4v) is 7.78. The molecule has 0 bridgehead atoms. The van der Waals surface area contributed by atoms with Crippen LogP contribution in [0.2, 0.25) is 0 Å². The molecule has 1 aliphatic heterocycles. The van der Waals surface area contributed by atoms with Gasteiger partial charge in [0.15, 0.2) is 6.26 Å². The van der Waals surface area contributed by atoms with Crippen molar-refractivity contribution in [1.29, 1.82) is 0 Å². The Hall–Kier alpha value is -2.60. The summed E-state index contributed by atoms with van der Waals surface area (Å²) in [5, 5.41) is 6.59. The van der Waals surface area contributed by atoms with Crippen molar-refractivity contribution in [3.63, 3.8) is 0 Å². The average molecular weight is 442 g/mol. The van der Waals surface area contributed by atoms with E-state index in [0.717, 1.165) is 0 Å². The molecule has 146 valence electrons. The first-order valence-corrected chi connectivity index (χ1v) is 12.6. The molecule has 1 nitrogen and oxygen atoms in total. The van der Waals surface area contributed by atoms with Crippen LogP contribution in [0.5, 0.6) is 0 Å². The molecule has 5 aromatic rings. The minimum absolute atomic E-state index is 1.23. The molecule has 0 saturated heterocycles. The molecule has 5 heterocycles. The summed E-state index contributed by atoms with van der Waals surface area (Å²) in [5.74, 6) is 1.23. The molecular weight excluding hydrogens is 423 g/mol. The summed E-state index contributed by atoms with van der Waals surface area (Å²) in [7, 11) is 0. The predicted molar refractivity (Wildman–Crippen MR) is 134 cm³/mol. The van der Waals surface area contributed by atoms with Crippen LogP contribution in [0.1, 0.15) is 21.8 Å². The lowest BCUT2D eigenvalue weighted by Crippen LogP contribution is -2.57. The summed E-state index contributed by atoms with van der Waals surface area (Å²) in [6.45, 7) is 2.15. The molecule has 0 radical (unpaired) electrons. The van der Waals surface area contributed by atoms with Gasteiger partial charge in [-0.1, -0.05) is 65.6 Å². The molecule has 0 spiro atoms. The number of rotatable bonds is 4. The molecule has 5 heteroatoms. The highest BCUT2D eigenvalue weighted by Gasteiger charge is 2.54. The molecule has 1 aliphatic rings. The van der Waals surface area contributed by atoms with Gasteiger partial charge in [0.05, 0.1) is 0 Å². The third-order valence-corrected chi connectivity index (χ3v) is 9.01. The first kappa shape index (κ1) is 18.2. The van der Waals surface area contributed by atoms with Crippen LogP contribution < -0.4 is 9.55 Å². The second-order valence-corrected chi connectivity index (χ2v) is 10.6. The van der Waals surface area contributed by atoms with Crippen LogP contribution >= 0.6 is 34.0 Å². The van der Waals surface area contributed by atoms with Crippen LogP contribution in [0.3, 0.4) is 0 Å². The summed E-state index contributed by atoms with van der Waals surface area (Å²) in [6.07, 6.45) is 0.848. The second-order valence-electron chi connectivity index (χ2n) is 7.68. The topological polar surface area (TPSA) is 2.70 Å². The molecule has 0 aliphatic carbocycles. The van der Waals surface area contributed by atoms with Crippen LogP contribution in [0.4, 0.5) is 0 Å². The predicted octanol–water partition coefficient (Wildman–Crippen LogP) is 6.58. The van der Waals surface area contributed by atoms with E-state index in [-0.39, 0.29) is 0 Å². The highest BCUT2D eigenvalue weighted by atomic mass is 32.1. The smallest absolute Gasteiger partial charge is 0.440 e. The van der Waals surface area contributed by atoms with E-state index in [0.29, 0.717) is 0 Å². The Balaban J connectivity index is 1.80. The van der Waals surface area contributed by atoms with E-state index in [1.54, 1.807) is 0 Å². The fourth-order valence-electron chi connectivity index (χ4n) is 4.83. The van der Waals surface area contributed by atoms with E-state index in [1.807, 2.05) is 34.0 Å². The summed E-state index contributed by atoms with van der Waals surface area (Å²) in [4.78, 5) is 1.34. The third-order valence-electron chi connectivity index (χ3n) is 6.04. The molecule has 0 amide bonds. The summed E-state index contributed by atoms with van der Waals surface area (Å²) in [6, 6.07) is 26.8. The van der Waals surface area contributed by atoms with Crippen molar-refractivity contribution in [1.82, 2.24) is 0 Å². The van der Waals surface area contributed by atoms with Gasteiger partial charge in [-0.05, 0) is 44.2 Å². The zero-order valence-electron chi connectivity index (χ0n) is 16.4. The number of furan rings is 1. The van der Waals surface area contributed by atoms with Gasteiger partial charge in [0.1, 0.15) is 0 Å². The zero-order valence-corrected chi connectivity index (χ0v) is 18.9. The molecule has 4 aromatic heterocycles. The van der Waals surface area contributed by atoms with Crippen molar-refractivity contribution >= 4 is 61.0 Å². The second kappa shape index (κ2) is 6.98. The van der Waals surface area contributed by atoms with Gasteiger partial charge in [-0.25, -0.2) is 0 Å². The molecule has 6 rings (SSSR count). The first-order valence-electron chi connectivity index (χ1n) is 10.0. The zero-order chi connectivity index (χ0) is 20.1. The average Bonchev–Trinajstić information content (AvgIpc) is 3.58. The molecule has 0 unspecified atom stereocenters. The Morgan fingerprint density at radius 3 is 1.97 bits per heavy atom. The largest absolute Gasteiger partial charge is 0.776 e. The monoisotopic (exact) mass is 442 g/mol. The number of thiophene rings is 3. The molecular formula is C25H19BOS3. The van der Waals surface area contributed by atoms with E-state index in [1.165, 1.54) is 42.4 Å². The van der Waals surface area contributed by atoms with Gasteiger partial charge in [0.2, 0.25) is 5.76 Å². The minimum Gasteiger partial charge on any atom is -0.776 e. The molecule has 30 heavy (non-hydrogen) atoms. The van der Waals surface area contributed by atoms with Crippen LogP contribution in [0, 0.1) is 6.92 Å². The molecule has 1 aromatic carbocycles. The summed E-state index contributed by atoms with van der Waals surface area (Å²) in [5.41, 5.74) is 5.30. The van der Waals surface area contributed by atoms with Crippen molar-refractivity contribution < 1.29 is 3.96 Å².